The Morgan fingerprint density at radius 3 is 2.85 bits per heavy atom. The van der Waals surface area contributed by atoms with Gasteiger partial charge in [-0.25, -0.2) is 9.18 Å². The standard InChI is InChI=1S/C15H21FN2O2/c1-3-8-18(9-10-19)15(20)17-12(2)11-13-6-4-5-7-14(13)16/h3-7,12,19H,1,8-11H2,2H3,(H,17,20). The predicted octanol–water partition coefficient (Wildman–Crippen LogP) is 1.95. The topological polar surface area (TPSA) is 52.6 Å². The lowest BCUT2D eigenvalue weighted by Crippen LogP contribution is -2.45. The predicted molar refractivity (Wildman–Crippen MR) is 77.0 cm³/mol. The molecule has 0 radical (unpaired) electrons. The summed E-state index contributed by atoms with van der Waals surface area (Å²) in [4.78, 5) is 13.4. The number of nitrogens with one attached hydrogen (secondary N) is 1. The summed E-state index contributed by atoms with van der Waals surface area (Å²) in [6.07, 6.45) is 2.01. The van der Waals surface area contributed by atoms with Crippen LogP contribution in [0.3, 0.4) is 0 Å². The van der Waals surface area contributed by atoms with Gasteiger partial charge >= 0.3 is 6.03 Å². The molecule has 0 bridgehead atoms. The van der Waals surface area contributed by atoms with E-state index in [0.717, 1.165) is 0 Å². The fourth-order valence-electron chi connectivity index (χ4n) is 1.90. The number of hydrogen-bond acceptors (Lipinski definition) is 2. The van der Waals surface area contributed by atoms with Crippen LogP contribution < -0.4 is 5.32 Å². The Kier molecular flexibility index (Phi) is 6.73. The zero-order valence-corrected chi connectivity index (χ0v) is 11.7. The molecule has 0 aromatic heterocycles. The van der Waals surface area contributed by atoms with Crippen molar-refractivity contribution in [3.8, 4) is 0 Å². The monoisotopic (exact) mass is 280 g/mol. The maximum atomic E-state index is 13.5. The number of urea groups is 1. The second-order valence-corrected chi connectivity index (χ2v) is 4.60. The molecule has 0 aliphatic rings. The number of hydrogen-bond donors (Lipinski definition) is 2. The van der Waals surface area contributed by atoms with Crippen LogP contribution in [0.15, 0.2) is 36.9 Å². The summed E-state index contributed by atoms with van der Waals surface area (Å²) < 4.78 is 13.5. The lowest BCUT2D eigenvalue weighted by atomic mass is 10.1. The molecule has 1 aromatic carbocycles. The van der Waals surface area contributed by atoms with Gasteiger partial charge < -0.3 is 15.3 Å². The third-order valence-electron chi connectivity index (χ3n) is 2.86. The van der Waals surface area contributed by atoms with Crippen LogP contribution in [0.4, 0.5) is 9.18 Å². The summed E-state index contributed by atoms with van der Waals surface area (Å²) in [5, 5.41) is 11.7. The van der Waals surface area contributed by atoms with Crippen LogP contribution in [0.25, 0.3) is 0 Å². The van der Waals surface area contributed by atoms with Gasteiger partial charge in [-0.05, 0) is 25.0 Å². The SMILES string of the molecule is C=CCN(CCO)C(=O)NC(C)Cc1ccccc1F. The highest BCUT2D eigenvalue weighted by molar-refractivity contribution is 5.74. The molecule has 0 saturated carbocycles. The van der Waals surface area contributed by atoms with E-state index >= 15 is 0 Å². The summed E-state index contributed by atoms with van der Waals surface area (Å²) in [7, 11) is 0. The van der Waals surface area contributed by atoms with E-state index in [1.165, 1.54) is 11.0 Å². The van der Waals surface area contributed by atoms with Crippen molar-refractivity contribution in [2.24, 2.45) is 0 Å². The smallest absolute Gasteiger partial charge is 0.317 e. The van der Waals surface area contributed by atoms with Gasteiger partial charge in [-0.15, -0.1) is 6.58 Å². The molecule has 0 heterocycles. The van der Waals surface area contributed by atoms with E-state index < -0.39 is 0 Å². The third-order valence-corrected chi connectivity index (χ3v) is 2.86. The van der Waals surface area contributed by atoms with Crippen LogP contribution >= 0.6 is 0 Å². The Bertz CT molecular complexity index is 451. The molecular weight excluding hydrogens is 259 g/mol. The normalized spacial score (nSPS) is 11.8. The van der Waals surface area contributed by atoms with Crippen LogP contribution in [-0.2, 0) is 6.42 Å². The van der Waals surface area contributed by atoms with Crippen molar-refractivity contribution in [3.05, 3.63) is 48.3 Å². The van der Waals surface area contributed by atoms with Crippen molar-refractivity contribution in [2.75, 3.05) is 19.7 Å². The van der Waals surface area contributed by atoms with Gasteiger partial charge in [-0.3, -0.25) is 0 Å². The Hall–Kier alpha value is -1.88. The van der Waals surface area contributed by atoms with Crippen LogP contribution in [-0.4, -0.2) is 41.8 Å². The summed E-state index contributed by atoms with van der Waals surface area (Å²) >= 11 is 0. The highest BCUT2D eigenvalue weighted by Gasteiger charge is 2.15. The highest BCUT2D eigenvalue weighted by atomic mass is 19.1. The number of carbonyl (C=O) groups is 1. The van der Waals surface area contributed by atoms with Gasteiger partial charge in [0.25, 0.3) is 0 Å². The molecule has 4 nitrogen and oxygen atoms in total. The van der Waals surface area contributed by atoms with Crippen molar-refractivity contribution in [2.45, 2.75) is 19.4 Å². The number of nitrogens with zero attached hydrogens (tertiary/aromatic N) is 1. The van der Waals surface area contributed by atoms with E-state index in [1.54, 1.807) is 24.3 Å². The average molecular weight is 280 g/mol. The molecule has 20 heavy (non-hydrogen) atoms. The minimum Gasteiger partial charge on any atom is -0.395 e. The van der Waals surface area contributed by atoms with Crippen LogP contribution in [0.5, 0.6) is 0 Å². The zero-order chi connectivity index (χ0) is 15.0. The van der Waals surface area contributed by atoms with Gasteiger partial charge in [0, 0.05) is 19.1 Å². The summed E-state index contributed by atoms with van der Waals surface area (Å²) in [6.45, 7) is 5.88. The molecule has 0 saturated heterocycles. The third kappa shape index (κ3) is 5.01. The van der Waals surface area contributed by atoms with Crippen LogP contribution in [0.2, 0.25) is 0 Å². The molecule has 5 heteroatoms. The minimum atomic E-state index is -0.289. The van der Waals surface area contributed by atoms with Gasteiger partial charge in [-0.2, -0.15) is 0 Å². The van der Waals surface area contributed by atoms with Gasteiger partial charge in [-0.1, -0.05) is 24.3 Å². The molecule has 1 unspecified atom stereocenters. The second-order valence-electron chi connectivity index (χ2n) is 4.60. The van der Waals surface area contributed by atoms with Crippen molar-refractivity contribution in [1.29, 1.82) is 0 Å². The first-order chi connectivity index (χ1) is 9.58. The summed E-state index contributed by atoms with van der Waals surface area (Å²) in [6, 6.07) is 6.01. The van der Waals surface area contributed by atoms with Crippen LogP contribution in [0.1, 0.15) is 12.5 Å². The quantitative estimate of drug-likeness (QED) is 0.750. The van der Waals surface area contributed by atoms with Crippen molar-refractivity contribution >= 4 is 6.03 Å². The van der Waals surface area contributed by atoms with Crippen LogP contribution in [0, 0.1) is 5.82 Å². The maximum absolute atomic E-state index is 13.5. The number of aliphatic hydroxyl groups excluding tert-OH is 1. The van der Waals surface area contributed by atoms with Crippen molar-refractivity contribution in [3.63, 3.8) is 0 Å². The first-order valence-electron chi connectivity index (χ1n) is 6.59. The van der Waals surface area contributed by atoms with E-state index in [9.17, 15) is 9.18 Å². The molecule has 0 spiro atoms. The number of aliphatic hydroxyl groups is 1. The Balaban J connectivity index is 2.56. The van der Waals surface area contributed by atoms with Gasteiger partial charge in [0.1, 0.15) is 5.82 Å². The number of halogens is 1. The molecule has 2 amide bonds. The van der Waals surface area contributed by atoms with E-state index in [-0.39, 0.29) is 31.0 Å². The Morgan fingerprint density at radius 1 is 1.55 bits per heavy atom. The molecule has 1 rings (SSSR count). The minimum absolute atomic E-state index is 0.108. The second kappa shape index (κ2) is 8.32. The molecule has 0 aliphatic carbocycles. The largest absolute Gasteiger partial charge is 0.395 e. The van der Waals surface area contributed by atoms with Crippen molar-refractivity contribution in [1.82, 2.24) is 10.2 Å². The fraction of sp³-hybridized carbons (Fsp3) is 0.400. The molecule has 0 aliphatic heterocycles. The van der Waals surface area contributed by atoms with Crippen molar-refractivity contribution < 1.29 is 14.3 Å². The number of benzene rings is 1. The van der Waals surface area contributed by atoms with E-state index in [1.807, 2.05) is 6.92 Å². The molecule has 110 valence electrons. The fourth-order valence-corrected chi connectivity index (χ4v) is 1.90. The summed E-state index contributed by atoms with van der Waals surface area (Å²) in [5.74, 6) is -0.271. The van der Waals surface area contributed by atoms with E-state index in [4.69, 9.17) is 5.11 Å². The van der Waals surface area contributed by atoms with Gasteiger partial charge in [0.15, 0.2) is 0 Å². The number of carbonyl (C=O) groups excluding carboxylic acids is 1. The number of amides is 2. The Labute approximate surface area is 118 Å². The lowest BCUT2D eigenvalue weighted by Gasteiger charge is -2.23. The molecular formula is C15H21FN2O2. The lowest BCUT2D eigenvalue weighted by molar-refractivity contribution is 0.181. The zero-order valence-electron chi connectivity index (χ0n) is 11.7. The summed E-state index contributed by atoms with van der Waals surface area (Å²) in [5.41, 5.74) is 0.567. The Morgan fingerprint density at radius 2 is 2.25 bits per heavy atom. The van der Waals surface area contributed by atoms with Gasteiger partial charge in [0.2, 0.25) is 0 Å². The molecule has 1 aromatic rings. The first kappa shape index (κ1) is 16.2. The van der Waals surface area contributed by atoms with Gasteiger partial charge in [0.05, 0.1) is 6.61 Å². The molecule has 2 N–H and O–H groups in total. The number of rotatable bonds is 7. The average Bonchev–Trinajstić information content (AvgIpc) is 2.41. The first-order valence-corrected chi connectivity index (χ1v) is 6.59. The molecule has 0 fully saturated rings. The highest BCUT2D eigenvalue weighted by Crippen LogP contribution is 2.09. The molecule has 1 atom stereocenters. The maximum Gasteiger partial charge on any atom is 0.317 e. The van der Waals surface area contributed by atoms with E-state index in [0.29, 0.717) is 18.5 Å². The van der Waals surface area contributed by atoms with E-state index in [2.05, 4.69) is 11.9 Å².